The molecule has 1 N–H and O–H groups in total. The first kappa shape index (κ1) is 18.3. The van der Waals surface area contributed by atoms with E-state index in [1.165, 1.54) is 17.1 Å². The molecule has 25 heavy (non-hydrogen) atoms. The van der Waals surface area contributed by atoms with Gasteiger partial charge in [0.1, 0.15) is 4.90 Å². The number of sulfonamides is 1. The van der Waals surface area contributed by atoms with Gasteiger partial charge in [-0.05, 0) is 11.6 Å². The highest BCUT2D eigenvalue weighted by Crippen LogP contribution is 2.28. The summed E-state index contributed by atoms with van der Waals surface area (Å²) < 4.78 is 34.6. The Hall–Kier alpha value is -1.45. The molecule has 0 bridgehead atoms. The number of nitrogens with one attached hydrogen (secondary N) is 1. The third-order valence-corrected chi connectivity index (χ3v) is 5.93. The summed E-state index contributed by atoms with van der Waals surface area (Å²) >= 11 is 6.36. The van der Waals surface area contributed by atoms with E-state index in [1.54, 1.807) is 7.05 Å². The van der Waals surface area contributed by atoms with Gasteiger partial charge < -0.3 is 4.74 Å². The van der Waals surface area contributed by atoms with Crippen molar-refractivity contribution in [1.29, 1.82) is 0 Å². The zero-order chi connectivity index (χ0) is 17.9. The number of nitrogens with zero attached hydrogens (tertiary/aromatic N) is 3. The minimum absolute atomic E-state index is 0.148. The molecule has 2 aromatic rings. The van der Waals surface area contributed by atoms with Crippen LogP contribution in [0.25, 0.3) is 0 Å². The molecule has 1 aliphatic heterocycles. The summed E-state index contributed by atoms with van der Waals surface area (Å²) in [5.74, 6) is 0. The molecule has 136 valence electrons. The molecule has 1 aromatic heterocycles. The summed E-state index contributed by atoms with van der Waals surface area (Å²) in [7, 11) is -1.95. The summed E-state index contributed by atoms with van der Waals surface area (Å²) in [5.41, 5.74) is 0.903. The quantitative estimate of drug-likeness (QED) is 0.815. The van der Waals surface area contributed by atoms with Crippen LogP contribution in [-0.4, -0.2) is 55.9 Å². The molecule has 1 fully saturated rings. The number of aryl methyl sites for hydroxylation is 1. The fourth-order valence-corrected chi connectivity index (χ4v) is 4.16. The van der Waals surface area contributed by atoms with E-state index in [0.717, 1.165) is 18.7 Å². The molecule has 1 saturated heterocycles. The lowest BCUT2D eigenvalue weighted by molar-refractivity contribution is 0.0172. The van der Waals surface area contributed by atoms with E-state index < -0.39 is 10.0 Å². The minimum Gasteiger partial charge on any atom is -0.379 e. The summed E-state index contributed by atoms with van der Waals surface area (Å²) in [4.78, 5) is 2.34. The Bertz CT molecular complexity index is 818. The van der Waals surface area contributed by atoms with Gasteiger partial charge in [-0.3, -0.25) is 9.58 Å². The molecule has 1 aromatic carbocycles. The van der Waals surface area contributed by atoms with Crippen LogP contribution in [0.2, 0.25) is 5.02 Å². The average molecular weight is 385 g/mol. The van der Waals surface area contributed by atoms with E-state index in [-0.39, 0.29) is 17.5 Å². The van der Waals surface area contributed by atoms with Crippen LogP contribution in [0.1, 0.15) is 11.6 Å². The van der Waals surface area contributed by atoms with Crippen molar-refractivity contribution in [2.24, 2.45) is 7.05 Å². The Balaban J connectivity index is 1.81. The predicted molar refractivity (Wildman–Crippen MR) is 95.0 cm³/mol. The van der Waals surface area contributed by atoms with Gasteiger partial charge >= 0.3 is 0 Å². The first-order valence-electron chi connectivity index (χ1n) is 8.02. The first-order valence-corrected chi connectivity index (χ1v) is 9.88. The molecule has 0 spiro atoms. The number of rotatable bonds is 6. The van der Waals surface area contributed by atoms with Gasteiger partial charge in [-0.2, -0.15) is 5.10 Å². The Labute approximate surface area is 152 Å². The molecule has 0 saturated carbocycles. The highest BCUT2D eigenvalue weighted by Gasteiger charge is 2.26. The average Bonchev–Trinajstić information content (AvgIpc) is 3.05. The zero-order valence-electron chi connectivity index (χ0n) is 13.9. The molecule has 3 rings (SSSR count). The lowest BCUT2D eigenvalue weighted by atomic mass is 10.0. The molecule has 1 atom stereocenters. The highest BCUT2D eigenvalue weighted by atomic mass is 35.5. The molecule has 7 nitrogen and oxygen atoms in total. The van der Waals surface area contributed by atoms with Crippen molar-refractivity contribution in [2.75, 3.05) is 32.8 Å². The van der Waals surface area contributed by atoms with Gasteiger partial charge in [-0.1, -0.05) is 29.8 Å². The van der Waals surface area contributed by atoms with E-state index in [0.29, 0.717) is 18.2 Å². The predicted octanol–water partition coefficient (Wildman–Crippen LogP) is 1.43. The van der Waals surface area contributed by atoms with Crippen LogP contribution in [0.5, 0.6) is 0 Å². The van der Waals surface area contributed by atoms with Crippen LogP contribution < -0.4 is 4.72 Å². The maximum absolute atomic E-state index is 12.5. The second-order valence-corrected chi connectivity index (χ2v) is 8.06. The number of hydrogen-bond acceptors (Lipinski definition) is 5. The van der Waals surface area contributed by atoms with Crippen LogP contribution >= 0.6 is 11.6 Å². The fourth-order valence-electron chi connectivity index (χ4n) is 2.88. The zero-order valence-corrected chi connectivity index (χ0v) is 15.5. The Morgan fingerprint density at radius 3 is 2.68 bits per heavy atom. The number of hydrogen-bond donors (Lipinski definition) is 1. The number of morpholine rings is 1. The van der Waals surface area contributed by atoms with Gasteiger partial charge in [0.25, 0.3) is 0 Å². The summed E-state index contributed by atoms with van der Waals surface area (Å²) in [6.07, 6.45) is 2.81. The maximum Gasteiger partial charge on any atom is 0.243 e. The van der Waals surface area contributed by atoms with Crippen molar-refractivity contribution in [3.8, 4) is 0 Å². The van der Waals surface area contributed by atoms with Crippen molar-refractivity contribution in [3.05, 3.63) is 47.2 Å². The molecule has 2 heterocycles. The number of ether oxygens (including phenoxy) is 1. The van der Waals surface area contributed by atoms with Gasteiger partial charge in [0.2, 0.25) is 10.0 Å². The second-order valence-electron chi connectivity index (χ2n) is 5.89. The van der Waals surface area contributed by atoms with Crippen molar-refractivity contribution in [2.45, 2.75) is 10.9 Å². The van der Waals surface area contributed by atoms with Crippen LogP contribution in [-0.2, 0) is 21.8 Å². The SMILES string of the molecule is Cn1cc(S(=O)(=O)NCC(c2ccccc2Cl)N2CCOCC2)cn1. The number of aromatic nitrogens is 2. The van der Waals surface area contributed by atoms with E-state index in [1.807, 2.05) is 24.3 Å². The highest BCUT2D eigenvalue weighted by molar-refractivity contribution is 7.89. The molecule has 1 unspecified atom stereocenters. The Morgan fingerprint density at radius 1 is 1.32 bits per heavy atom. The topological polar surface area (TPSA) is 76.5 Å². The first-order chi connectivity index (χ1) is 12.0. The minimum atomic E-state index is -3.63. The van der Waals surface area contributed by atoms with E-state index in [9.17, 15) is 8.42 Å². The van der Waals surface area contributed by atoms with E-state index >= 15 is 0 Å². The Kier molecular flexibility index (Phi) is 5.75. The van der Waals surface area contributed by atoms with Crippen molar-refractivity contribution in [1.82, 2.24) is 19.4 Å². The standard InChI is InChI=1S/C16H21ClN4O3S/c1-20-12-13(10-18-20)25(22,23)19-11-16(21-6-8-24-9-7-21)14-4-2-3-5-15(14)17/h2-5,10,12,16,19H,6-9,11H2,1H3. The van der Waals surface area contributed by atoms with Crippen LogP contribution in [0.4, 0.5) is 0 Å². The van der Waals surface area contributed by atoms with Crippen molar-refractivity contribution >= 4 is 21.6 Å². The lowest BCUT2D eigenvalue weighted by Crippen LogP contribution is -2.43. The van der Waals surface area contributed by atoms with Crippen LogP contribution in [0.15, 0.2) is 41.6 Å². The van der Waals surface area contributed by atoms with Gasteiger partial charge in [0.05, 0.1) is 19.4 Å². The maximum atomic E-state index is 12.5. The monoisotopic (exact) mass is 384 g/mol. The van der Waals surface area contributed by atoms with Gasteiger partial charge in [-0.25, -0.2) is 13.1 Å². The summed E-state index contributed by atoms with van der Waals surface area (Å²) in [6.45, 7) is 2.92. The summed E-state index contributed by atoms with van der Waals surface area (Å²) in [6, 6.07) is 7.36. The lowest BCUT2D eigenvalue weighted by Gasteiger charge is -2.35. The molecule has 0 radical (unpaired) electrons. The fraction of sp³-hybridized carbons (Fsp3) is 0.438. The van der Waals surface area contributed by atoms with Gasteiger partial charge in [0, 0.05) is 43.9 Å². The normalized spacial score (nSPS) is 17.5. The molecular formula is C16H21ClN4O3S. The molecule has 0 aliphatic carbocycles. The largest absolute Gasteiger partial charge is 0.379 e. The van der Waals surface area contributed by atoms with Gasteiger partial charge in [-0.15, -0.1) is 0 Å². The number of benzene rings is 1. The third-order valence-electron chi connectivity index (χ3n) is 4.21. The van der Waals surface area contributed by atoms with Gasteiger partial charge in [0.15, 0.2) is 0 Å². The summed E-state index contributed by atoms with van der Waals surface area (Å²) in [5, 5.41) is 4.55. The molecule has 0 amide bonds. The van der Waals surface area contributed by atoms with E-state index in [2.05, 4.69) is 14.7 Å². The third kappa shape index (κ3) is 4.39. The smallest absolute Gasteiger partial charge is 0.243 e. The molecule has 9 heteroatoms. The second kappa shape index (κ2) is 7.84. The van der Waals surface area contributed by atoms with Crippen molar-refractivity contribution in [3.63, 3.8) is 0 Å². The molecular weight excluding hydrogens is 364 g/mol. The van der Waals surface area contributed by atoms with Crippen LogP contribution in [0, 0.1) is 0 Å². The van der Waals surface area contributed by atoms with Crippen molar-refractivity contribution < 1.29 is 13.2 Å². The number of halogens is 1. The Morgan fingerprint density at radius 2 is 2.04 bits per heavy atom. The van der Waals surface area contributed by atoms with Crippen LogP contribution in [0.3, 0.4) is 0 Å². The van der Waals surface area contributed by atoms with E-state index in [4.69, 9.17) is 16.3 Å². The molecule has 1 aliphatic rings.